The topological polar surface area (TPSA) is 71.1 Å². The number of nitrogens with zero attached hydrogens (tertiary/aromatic N) is 3. The first-order chi connectivity index (χ1) is 7.63. The van der Waals surface area contributed by atoms with Crippen molar-refractivity contribution in [2.24, 2.45) is 0 Å². The lowest BCUT2D eigenvalue weighted by atomic mass is 10.2. The molecule has 0 aliphatic carbocycles. The summed E-state index contributed by atoms with van der Waals surface area (Å²) in [6, 6.07) is 1.86. The third-order valence-electron chi connectivity index (χ3n) is 2.32. The second-order valence-corrected chi connectivity index (χ2v) is 3.47. The van der Waals surface area contributed by atoms with Gasteiger partial charge in [-0.05, 0) is 18.6 Å². The van der Waals surface area contributed by atoms with Crippen LogP contribution < -0.4 is 0 Å². The van der Waals surface area contributed by atoms with E-state index in [2.05, 4.69) is 15.2 Å². The van der Waals surface area contributed by atoms with Crippen LogP contribution in [0.1, 0.15) is 16.1 Å². The van der Waals surface area contributed by atoms with Gasteiger partial charge in [-0.25, -0.2) is 10.0 Å². The Balaban J connectivity index is 2.53. The SMILES string of the molecule is CON(C)C(=O)c1[nH]nc2ncc(C)cc12. The van der Waals surface area contributed by atoms with Crippen molar-refractivity contribution in [2.75, 3.05) is 14.2 Å². The highest BCUT2D eigenvalue weighted by Gasteiger charge is 2.17. The fraction of sp³-hybridized carbons (Fsp3) is 0.300. The van der Waals surface area contributed by atoms with E-state index in [4.69, 9.17) is 4.84 Å². The Morgan fingerprint density at radius 2 is 2.31 bits per heavy atom. The Morgan fingerprint density at radius 1 is 1.56 bits per heavy atom. The van der Waals surface area contributed by atoms with Crippen LogP contribution in [-0.4, -0.2) is 40.3 Å². The summed E-state index contributed by atoms with van der Waals surface area (Å²) in [4.78, 5) is 20.8. The quantitative estimate of drug-likeness (QED) is 0.763. The lowest BCUT2D eigenvalue weighted by Crippen LogP contribution is -2.25. The van der Waals surface area contributed by atoms with Crippen molar-refractivity contribution < 1.29 is 9.63 Å². The van der Waals surface area contributed by atoms with Gasteiger partial charge in [0.25, 0.3) is 5.91 Å². The number of amides is 1. The first-order valence-corrected chi connectivity index (χ1v) is 4.76. The monoisotopic (exact) mass is 220 g/mol. The zero-order chi connectivity index (χ0) is 11.7. The Bertz CT molecular complexity index is 535. The lowest BCUT2D eigenvalue weighted by Gasteiger charge is -2.11. The molecule has 0 aliphatic heterocycles. The number of nitrogens with one attached hydrogen (secondary N) is 1. The van der Waals surface area contributed by atoms with Crippen molar-refractivity contribution in [3.63, 3.8) is 0 Å². The van der Waals surface area contributed by atoms with Crippen LogP contribution in [0.3, 0.4) is 0 Å². The lowest BCUT2D eigenvalue weighted by molar-refractivity contribution is -0.0759. The molecule has 0 aromatic carbocycles. The minimum absolute atomic E-state index is 0.280. The molecular formula is C10H12N4O2. The van der Waals surface area contributed by atoms with Gasteiger partial charge in [-0.2, -0.15) is 5.10 Å². The van der Waals surface area contributed by atoms with Crippen molar-refractivity contribution in [3.8, 4) is 0 Å². The zero-order valence-electron chi connectivity index (χ0n) is 9.31. The van der Waals surface area contributed by atoms with Gasteiger partial charge in [-0.3, -0.25) is 14.7 Å². The van der Waals surface area contributed by atoms with Gasteiger partial charge in [0.2, 0.25) is 0 Å². The van der Waals surface area contributed by atoms with Gasteiger partial charge >= 0.3 is 0 Å². The number of aromatic amines is 1. The number of carbonyl (C=O) groups excluding carboxylic acids is 1. The molecule has 0 saturated heterocycles. The van der Waals surface area contributed by atoms with Gasteiger partial charge in [-0.1, -0.05) is 0 Å². The zero-order valence-corrected chi connectivity index (χ0v) is 9.31. The number of aryl methyl sites for hydroxylation is 1. The molecule has 0 aliphatic rings. The molecule has 16 heavy (non-hydrogen) atoms. The van der Waals surface area contributed by atoms with Crippen molar-refractivity contribution in [2.45, 2.75) is 6.92 Å². The van der Waals surface area contributed by atoms with Gasteiger partial charge in [0.05, 0.1) is 12.5 Å². The van der Waals surface area contributed by atoms with Gasteiger partial charge < -0.3 is 0 Å². The van der Waals surface area contributed by atoms with Crippen LogP contribution in [0, 0.1) is 6.92 Å². The minimum Gasteiger partial charge on any atom is -0.274 e. The fourth-order valence-corrected chi connectivity index (χ4v) is 1.41. The maximum Gasteiger partial charge on any atom is 0.295 e. The summed E-state index contributed by atoms with van der Waals surface area (Å²) < 4.78 is 0. The number of pyridine rings is 1. The Morgan fingerprint density at radius 3 is 3.00 bits per heavy atom. The Kier molecular flexibility index (Phi) is 2.57. The molecule has 84 valence electrons. The highest BCUT2D eigenvalue weighted by Crippen LogP contribution is 2.16. The van der Waals surface area contributed by atoms with E-state index in [1.54, 1.807) is 6.20 Å². The van der Waals surface area contributed by atoms with Crippen LogP contribution in [0.2, 0.25) is 0 Å². The summed E-state index contributed by atoms with van der Waals surface area (Å²) in [7, 11) is 2.97. The fourth-order valence-electron chi connectivity index (χ4n) is 1.41. The molecule has 0 bridgehead atoms. The van der Waals surface area contributed by atoms with E-state index in [1.807, 2.05) is 13.0 Å². The van der Waals surface area contributed by atoms with E-state index in [0.29, 0.717) is 16.7 Å². The molecule has 0 atom stereocenters. The maximum atomic E-state index is 11.9. The smallest absolute Gasteiger partial charge is 0.274 e. The molecule has 6 nitrogen and oxygen atoms in total. The summed E-state index contributed by atoms with van der Waals surface area (Å²) in [5, 5.41) is 8.47. The molecule has 2 aromatic heterocycles. The molecule has 6 heteroatoms. The maximum absolute atomic E-state index is 11.9. The summed E-state index contributed by atoms with van der Waals surface area (Å²) in [6.45, 7) is 1.91. The number of rotatable bonds is 2. The third kappa shape index (κ3) is 1.63. The number of aromatic nitrogens is 3. The van der Waals surface area contributed by atoms with Crippen LogP contribution >= 0.6 is 0 Å². The number of hydrogen-bond acceptors (Lipinski definition) is 4. The molecule has 2 rings (SSSR count). The number of fused-ring (bicyclic) bond motifs is 1. The molecule has 0 saturated carbocycles. The van der Waals surface area contributed by atoms with Gasteiger partial charge in [0.1, 0.15) is 5.69 Å². The van der Waals surface area contributed by atoms with E-state index >= 15 is 0 Å². The second kappa shape index (κ2) is 3.90. The van der Waals surface area contributed by atoms with Crippen molar-refractivity contribution in [3.05, 3.63) is 23.5 Å². The molecule has 1 N–H and O–H groups in total. The average Bonchev–Trinajstić information content (AvgIpc) is 2.69. The summed E-state index contributed by atoms with van der Waals surface area (Å²) >= 11 is 0. The Labute approximate surface area is 92.2 Å². The number of H-pyrrole nitrogens is 1. The summed E-state index contributed by atoms with van der Waals surface area (Å²) in [6.07, 6.45) is 1.71. The van der Waals surface area contributed by atoms with E-state index in [1.165, 1.54) is 14.2 Å². The first-order valence-electron chi connectivity index (χ1n) is 4.76. The molecule has 0 spiro atoms. The highest BCUT2D eigenvalue weighted by molar-refractivity contribution is 6.03. The molecule has 0 fully saturated rings. The van der Waals surface area contributed by atoms with E-state index in [0.717, 1.165) is 10.6 Å². The molecule has 2 heterocycles. The number of hydroxylamine groups is 2. The summed E-state index contributed by atoms with van der Waals surface area (Å²) in [5.41, 5.74) is 1.89. The predicted octanol–water partition coefficient (Wildman–Crippen LogP) is 0.900. The van der Waals surface area contributed by atoms with Crippen LogP contribution in [0.15, 0.2) is 12.3 Å². The largest absolute Gasteiger partial charge is 0.295 e. The van der Waals surface area contributed by atoms with E-state index in [9.17, 15) is 4.79 Å². The minimum atomic E-state index is -0.280. The molecule has 1 amide bonds. The average molecular weight is 220 g/mol. The number of carbonyl (C=O) groups is 1. The molecular weight excluding hydrogens is 208 g/mol. The Hall–Kier alpha value is -1.95. The van der Waals surface area contributed by atoms with Crippen LogP contribution in [-0.2, 0) is 4.84 Å². The normalized spacial score (nSPS) is 10.7. The molecule has 0 unspecified atom stereocenters. The van der Waals surface area contributed by atoms with E-state index < -0.39 is 0 Å². The molecule has 2 aromatic rings. The van der Waals surface area contributed by atoms with Crippen molar-refractivity contribution in [1.29, 1.82) is 0 Å². The second-order valence-electron chi connectivity index (χ2n) is 3.47. The predicted molar refractivity (Wildman–Crippen MR) is 57.7 cm³/mol. The van der Waals surface area contributed by atoms with Gasteiger partial charge in [-0.15, -0.1) is 0 Å². The first kappa shape index (κ1) is 10.6. The van der Waals surface area contributed by atoms with Crippen molar-refractivity contribution >= 4 is 16.9 Å². The van der Waals surface area contributed by atoms with E-state index in [-0.39, 0.29) is 5.91 Å². The number of hydrogen-bond donors (Lipinski definition) is 1. The van der Waals surface area contributed by atoms with Crippen molar-refractivity contribution in [1.82, 2.24) is 20.2 Å². The van der Waals surface area contributed by atoms with Crippen LogP contribution in [0.25, 0.3) is 11.0 Å². The third-order valence-corrected chi connectivity index (χ3v) is 2.32. The van der Waals surface area contributed by atoms with Gasteiger partial charge in [0.15, 0.2) is 5.65 Å². The van der Waals surface area contributed by atoms with Gasteiger partial charge in [0, 0.05) is 13.2 Å². The molecule has 0 radical (unpaired) electrons. The summed E-state index contributed by atoms with van der Waals surface area (Å²) in [5.74, 6) is -0.280. The van der Waals surface area contributed by atoms with Crippen LogP contribution in [0.5, 0.6) is 0 Å². The standard InChI is InChI=1S/C10H12N4O2/c1-6-4-7-8(10(15)14(2)16-3)12-13-9(7)11-5-6/h4-5H,1-3H3,(H,11,12,13). The highest BCUT2D eigenvalue weighted by atomic mass is 16.7. The van der Waals surface area contributed by atoms with Crippen LogP contribution in [0.4, 0.5) is 0 Å².